The highest BCUT2D eigenvalue weighted by Crippen LogP contribution is 2.38. The largest absolute Gasteiger partial charge is 0.465 e. The molecule has 1 fully saturated rings. The number of rotatable bonds is 7. The molecule has 1 aliphatic rings. The smallest absolute Gasteiger partial charge is 0.421 e. The van der Waals surface area contributed by atoms with Crippen LogP contribution in [0.4, 0.5) is 18.9 Å². The third kappa shape index (κ3) is 6.10. The second-order valence-corrected chi connectivity index (χ2v) is 7.68. The van der Waals surface area contributed by atoms with E-state index in [1.165, 1.54) is 25.4 Å². The number of carbonyl (C=O) groups is 1. The van der Waals surface area contributed by atoms with Gasteiger partial charge >= 0.3 is 12.1 Å². The van der Waals surface area contributed by atoms with Crippen LogP contribution < -0.4 is 10.1 Å². The molecule has 1 aromatic heterocycles. The third-order valence-electron chi connectivity index (χ3n) is 4.78. The number of benzene rings is 1. The van der Waals surface area contributed by atoms with Crippen molar-refractivity contribution < 1.29 is 32.2 Å². The minimum absolute atomic E-state index is 0.0303. The first-order chi connectivity index (χ1) is 15.2. The summed E-state index contributed by atoms with van der Waals surface area (Å²) in [5, 5.41) is 3.10. The van der Waals surface area contributed by atoms with Crippen molar-refractivity contribution in [3.05, 3.63) is 47.2 Å². The Morgan fingerprint density at radius 3 is 2.59 bits per heavy atom. The first-order valence-corrected chi connectivity index (χ1v) is 10.2. The fourth-order valence-corrected chi connectivity index (χ4v) is 3.30. The standard InChI is InChI=1S/C22H26F3N3O4/c1-14(2)27-19-5-4-16(11-17(19)21(29)30-3)32-20-18(22(23,24)25)10-15(12-26-20)13-28-6-8-31-9-7-28/h4-5,10-12,14,27H,6-9,13H2,1-3H3. The van der Waals surface area contributed by atoms with Gasteiger partial charge in [0.05, 0.1) is 25.9 Å². The number of nitrogens with one attached hydrogen (secondary N) is 1. The van der Waals surface area contributed by atoms with Crippen molar-refractivity contribution in [2.45, 2.75) is 32.6 Å². The Bertz CT molecular complexity index is 945. The van der Waals surface area contributed by atoms with Gasteiger partial charge in [-0.25, -0.2) is 9.78 Å². The second kappa shape index (κ2) is 10.2. The average Bonchev–Trinajstić information content (AvgIpc) is 2.75. The molecule has 2 aromatic rings. The van der Waals surface area contributed by atoms with Crippen molar-refractivity contribution in [1.82, 2.24) is 9.88 Å². The van der Waals surface area contributed by atoms with Gasteiger partial charge in [0, 0.05) is 37.6 Å². The van der Waals surface area contributed by atoms with Gasteiger partial charge in [-0.2, -0.15) is 13.2 Å². The van der Waals surface area contributed by atoms with E-state index in [1.54, 1.807) is 6.07 Å². The van der Waals surface area contributed by atoms with E-state index in [0.29, 0.717) is 44.1 Å². The lowest BCUT2D eigenvalue weighted by Gasteiger charge is -2.26. The molecule has 0 radical (unpaired) electrons. The summed E-state index contributed by atoms with van der Waals surface area (Å²) in [6.07, 6.45) is -3.29. The second-order valence-electron chi connectivity index (χ2n) is 7.68. The number of esters is 1. The van der Waals surface area contributed by atoms with E-state index in [-0.39, 0.29) is 17.4 Å². The molecule has 1 N–H and O–H groups in total. The number of pyridine rings is 1. The molecule has 0 unspecified atom stereocenters. The Morgan fingerprint density at radius 1 is 1.25 bits per heavy atom. The van der Waals surface area contributed by atoms with E-state index in [2.05, 4.69) is 10.3 Å². The zero-order chi connectivity index (χ0) is 23.3. The van der Waals surface area contributed by atoms with Crippen LogP contribution in [0.3, 0.4) is 0 Å². The number of halogens is 3. The van der Waals surface area contributed by atoms with Crippen LogP contribution in [0.25, 0.3) is 0 Å². The maximum atomic E-state index is 13.7. The summed E-state index contributed by atoms with van der Waals surface area (Å²) in [7, 11) is 1.23. The van der Waals surface area contributed by atoms with Crippen molar-refractivity contribution in [3.63, 3.8) is 0 Å². The highest BCUT2D eigenvalue weighted by molar-refractivity contribution is 5.96. The normalized spacial score (nSPS) is 15.0. The van der Waals surface area contributed by atoms with E-state index in [1.807, 2.05) is 18.7 Å². The molecule has 1 saturated heterocycles. The topological polar surface area (TPSA) is 72.9 Å². The van der Waals surface area contributed by atoms with Crippen LogP contribution in [-0.4, -0.2) is 55.3 Å². The first-order valence-electron chi connectivity index (χ1n) is 10.2. The molecule has 10 heteroatoms. The summed E-state index contributed by atoms with van der Waals surface area (Å²) in [5.74, 6) is -1.18. The minimum atomic E-state index is -4.66. The number of methoxy groups -OCH3 is 1. The van der Waals surface area contributed by atoms with E-state index >= 15 is 0 Å². The zero-order valence-electron chi connectivity index (χ0n) is 18.2. The maximum absolute atomic E-state index is 13.7. The number of ether oxygens (including phenoxy) is 3. The van der Waals surface area contributed by atoms with Gasteiger partial charge in [0.1, 0.15) is 11.3 Å². The molecular weight excluding hydrogens is 427 g/mol. The predicted molar refractivity (Wildman–Crippen MR) is 112 cm³/mol. The van der Waals surface area contributed by atoms with Crippen LogP contribution in [0.15, 0.2) is 30.5 Å². The summed E-state index contributed by atoms with van der Waals surface area (Å²) in [6, 6.07) is 5.44. The number of hydrogen-bond acceptors (Lipinski definition) is 7. The van der Waals surface area contributed by atoms with Gasteiger partial charge in [-0.15, -0.1) is 0 Å². The van der Waals surface area contributed by atoms with Gasteiger partial charge < -0.3 is 19.5 Å². The zero-order valence-corrected chi connectivity index (χ0v) is 18.2. The maximum Gasteiger partial charge on any atom is 0.421 e. The molecule has 0 saturated carbocycles. The number of aromatic nitrogens is 1. The van der Waals surface area contributed by atoms with Crippen molar-refractivity contribution in [1.29, 1.82) is 0 Å². The van der Waals surface area contributed by atoms with Gasteiger partial charge in [-0.1, -0.05) is 0 Å². The third-order valence-corrected chi connectivity index (χ3v) is 4.78. The summed E-state index contributed by atoms with van der Waals surface area (Å²) in [6.45, 7) is 6.50. The van der Waals surface area contributed by atoms with Crippen molar-refractivity contribution in [2.24, 2.45) is 0 Å². The Kier molecular flexibility index (Phi) is 7.57. The number of alkyl halides is 3. The molecule has 32 heavy (non-hydrogen) atoms. The lowest BCUT2D eigenvalue weighted by atomic mass is 10.1. The van der Waals surface area contributed by atoms with Crippen LogP contribution >= 0.6 is 0 Å². The predicted octanol–water partition coefficient (Wildman–Crippen LogP) is 4.33. The van der Waals surface area contributed by atoms with Gasteiger partial charge in [0.25, 0.3) is 0 Å². The van der Waals surface area contributed by atoms with Crippen LogP contribution in [0.1, 0.15) is 35.3 Å². The monoisotopic (exact) mass is 453 g/mol. The van der Waals surface area contributed by atoms with Crippen LogP contribution in [0.2, 0.25) is 0 Å². The molecule has 0 atom stereocenters. The molecule has 174 valence electrons. The number of nitrogens with zero attached hydrogens (tertiary/aromatic N) is 2. The van der Waals surface area contributed by atoms with E-state index in [9.17, 15) is 18.0 Å². The molecule has 0 bridgehead atoms. The average molecular weight is 453 g/mol. The van der Waals surface area contributed by atoms with E-state index in [4.69, 9.17) is 14.2 Å². The Labute approximate surface area is 184 Å². The molecule has 1 aliphatic heterocycles. The molecule has 2 heterocycles. The van der Waals surface area contributed by atoms with Gasteiger partial charge in [-0.3, -0.25) is 4.90 Å². The van der Waals surface area contributed by atoms with Gasteiger partial charge in [0.15, 0.2) is 0 Å². The SMILES string of the molecule is COC(=O)c1cc(Oc2ncc(CN3CCOCC3)cc2C(F)(F)F)ccc1NC(C)C. The highest BCUT2D eigenvalue weighted by atomic mass is 19.4. The molecule has 1 aromatic carbocycles. The number of hydrogen-bond donors (Lipinski definition) is 1. The number of anilines is 1. The van der Waals surface area contributed by atoms with Gasteiger partial charge in [-0.05, 0) is 43.7 Å². The molecule has 3 rings (SSSR count). The lowest BCUT2D eigenvalue weighted by Crippen LogP contribution is -2.35. The fraction of sp³-hybridized carbons (Fsp3) is 0.455. The van der Waals surface area contributed by atoms with E-state index < -0.39 is 23.6 Å². The van der Waals surface area contributed by atoms with E-state index in [0.717, 1.165) is 6.07 Å². The van der Waals surface area contributed by atoms with Crippen LogP contribution in [-0.2, 0) is 22.2 Å². The number of morpholine rings is 1. The van der Waals surface area contributed by atoms with Crippen molar-refractivity contribution in [3.8, 4) is 11.6 Å². The summed E-state index contributed by atoms with van der Waals surface area (Å²) < 4.78 is 56.8. The quantitative estimate of drug-likeness (QED) is 0.626. The fourth-order valence-electron chi connectivity index (χ4n) is 3.30. The lowest BCUT2D eigenvalue weighted by molar-refractivity contribution is -0.139. The Hall–Kier alpha value is -2.85. The molecule has 0 aliphatic carbocycles. The van der Waals surface area contributed by atoms with Crippen LogP contribution in [0, 0.1) is 0 Å². The molecule has 0 amide bonds. The summed E-state index contributed by atoms with van der Waals surface area (Å²) in [5.41, 5.74) is 0.0887. The molecule has 7 nitrogen and oxygen atoms in total. The van der Waals surface area contributed by atoms with Crippen molar-refractivity contribution in [2.75, 3.05) is 38.7 Å². The first kappa shape index (κ1) is 23.8. The Morgan fingerprint density at radius 2 is 1.97 bits per heavy atom. The Balaban J connectivity index is 1.89. The molecule has 0 spiro atoms. The number of carbonyl (C=O) groups excluding carboxylic acids is 1. The minimum Gasteiger partial charge on any atom is -0.465 e. The van der Waals surface area contributed by atoms with Crippen LogP contribution in [0.5, 0.6) is 11.6 Å². The summed E-state index contributed by atoms with van der Waals surface area (Å²) >= 11 is 0. The summed E-state index contributed by atoms with van der Waals surface area (Å²) in [4.78, 5) is 18.1. The van der Waals surface area contributed by atoms with Crippen molar-refractivity contribution >= 4 is 11.7 Å². The highest BCUT2D eigenvalue weighted by Gasteiger charge is 2.36. The molecular formula is C22H26F3N3O4. The van der Waals surface area contributed by atoms with Gasteiger partial charge in [0.2, 0.25) is 5.88 Å².